The fraction of sp³-hybridized carbons (Fsp3) is 0.536. The average Bonchev–Trinajstić information content (AvgIpc) is 3.45. The molecule has 1 unspecified atom stereocenters. The van der Waals surface area contributed by atoms with Crippen LogP contribution in [0.2, 0.25) is 0 Å². The molecule has 5 rings (SSSR count). The Kier molecular flexibility index (Phi) is 7.92. The zero-order chi connectivity index (χ0) is 25.9. The number of fused-ring (bicyclic) bond motifs is 1. The van der Waals surface area contributed by atoms with Crippen molar-refractivity contribution in [1.82, 2.24) is 14.9 Å². The van der Waals surface area contributed by atoms with Gasteiger partial charge in [0.05, 0.1) is 23.4 Å². The number of aromatic nitrogens is 2. The zero-order valence-corrected chi connectivity index (χ0v) is 21.8. The molecule has 9 heteroatoms. The van der Waals surface area contributed by atoms with E-state index in [0.29, 0.717) is 23.7 Å². The highest BCUT2D eigenvalue weighted by molar-refractivity contribution is 7.07. The lowest BCUT2D eigenvalue weighted by molar-refractivity contribution is -0.125. The van der Waals surface area contributed by atoms with Crippen molar-refractivity contribution in [2.75, 3.05) is 0 Å². The maximum atomic E-state index is 14.3. The van der Waals surface area contributed by atoms with Gasteiger partial charge in [0.2, 0.25) is 5.91 Å². The molecule has 0 spiro atoms. The number of aromatic amines is 1. The lowest BCUT2D eigenvalue weighted by Crippen LogP contribution is -2.60. The summed E-state index contributed by atoms with van der Waals surface area (Å²) in [6, 6.07) is 7.60. The summed E-state index contributed by atoms with van der Waals surface area (Å²) in [5, 5.41) is 25.3. The molecule has 3 aromatic rings. The third-order valence-electron chi connectivity index (χ3n) is 8.05. The number of carbonyl (C=O) groups is 2. The quantitative estimate of drug-likeness (QED) is 0.304. The number of H-pyrrole nitrogens is 1. The lowest BCUT2D eigenvalue weighted by atomic mass is 9.81. The number of hydrogen-bond acceptors (Lipinski definition) is 6. The Morgan fingerprint density at radius 2 is 1.89 bits per heavy atom. The number of aliphatic hydroxyl groups excluding tert-OH is 2. The van der Waals surface area contributed by atoms with E-state index in [1.807, 2.05) is 29.6 Å². The van der Waals surface area contributed by atoms with E-state index in [1.165, 1.54) is 22.7 Å². The van der Waals surface area contributed by atoms with Gasteiger partial charge in [-0.15, -0.1) is 11.3 Å². The summed E-state index contributed by atoms with van der Waals surface area (Å²) >= 11 is 1.41. The first-order chi connectivity index (χ1) is 17.9. The summed E-state index contributed by atoms with van der Waals surface area (Å²) < 4.78 is 0. The highest BCUT2D eigenvalue weighted by Gasteiger charge is 2.45. The molecule has 4 atom stereocenters. The second-order valence-electron chi connectivity index (χ2n) is 10.7. The molecule has 2 aliphatic carbocycles. The Balaban J connectivity index is 1.56. The molecule has 2 amide bonds. The van der Waals surface area contributed by atoms with Crippen molar-refractivity contribution in [2.24, 2.45) is 17.6 Å². The monoisotopic (exact) mass is 524 g/mol. The Morgan fingerprint density at radius 3 is 2.54 bits per heavy atom. The highest BCUT2D eigenvalue weighted by Crippen LogP contribution is 2.38. The summed E-state index contributed by atoms with van der Waals surface area (Å²) in [4.78, 5) is 36.2. The molecule has 0 aliphatic heterocycles. The molecule has 1 aromatic carbocycles. The minimum absolute atomic E-state index is 0.0134. The molecule has 0 saturated heterocycles. The van der Waals surface area contributed by atoms with Gasteiger partial charge < -0.3 is 25.8 Å². The number of benzene rings is 1. The molecule has 2 saturated carbocycles. The summed E-state index contributed by atoms with van der Waals surface area (Å²) in [6.07, 6.45) is 5.62. The molecule has 2 heterocycles. The molecule has 2 fully saturated rings. The Hall–Kier alpha value is -2.75. The van der Waals surface area contributed by atoms with Crippen LogP contribution in [0.15, 0.2) is 41.2 Å². The number of nitrogens with zero attached hydrogens (tertiary/aromatic N) is 2. The number of nitrogens with two attached hydrogens (primary N) is 1. The van der Waals surface area contributed by atoms with Gasteiger partial charge in [-0.3, -0.25) is 9.59 Å². The maximum Gasteiger partial charge on any atom is 0.271 e. The zero-order valence-electron chi connectivity index (χ0n) is 21.0. The second-order valence-corrected chi connectivity index (χ2v) is 11.4. The SMILES string of the molecule is NC(=O)C(Cc1cscn1)N(C(=O)c1cc2ccccc2[nH]1)[C@@H](CC1CCCCC1)[C@@H](O)[C@@H](O)C1CC1. The van der Waals surface area contributed by atoms with E-state index in [9.17, 15) is 19.8 Å². The molecule has 2 aliphatic rings. The van der Waals surface area contributed by atoms with Crippen molar-refractivity contribution in [1.29, 1.82) is 0 Å². The molecule has 0 bridgehead atoms. The van der Waals surface area contributed by atoms with Crippen LogP contribution in [0.1, 0.15) is 67.5 Å². The van der Waals surface area contributed by atoms with E-state index in [1.54, 1.807) is 11.6 Å². The summed E-state index contributed by atoms with van der Waals surface area (Å²) in [6.45, 7) is 0. The van der Waals surface area contributed by atoms with Crippen LogP contribution in [0.3, 0.4) is 0 Å². The van der Waals surface area contributed by atoms with Gasteiger partial charge in [-0.05, 0) is 43.2 Å². The minimum atomic E-state index is -1.18. The lowest BCUT2D eigenvalue weighted by Gasteiger charge is -2.42. The number of amides is 2. The van der Waals surface area contributed by atoms with Crippen LogP contribution in [0.4, 0.5) is 0 Å². The molecular weight excluding hydrogens is 488 g/mol. The van der Waals surface area contributed by atoms with Crippen LogP contribution in [0, 0.1) is 11.8 Å². The molecule has 5 N–H and O–H groups in total. The molecule has 0 radical (unpaired) electrons. The number of thiazole rings is 1. The standard InChI is InChI=1S/C28H36N4O4S/c29-27(35)24(14-20-15-37-16-30-20)32(28(36)22-13-19-8-4-5-9-21(19)31-22)23(12-17-6-2-1-3-7-17)26(34)25(33)18-10-11-18/h4-5,8-9,13,15-18,23-26,31,33-34H,1-3,6-7,10-12,14H2,(H2,29,35)/t23-,24?,25-,26+/m0/s1. The molecule has 2 aromatic heterocycles. The van der Waals surface area contributed by atoms with Crippen molar-refractivity contribution in [3.63, 3.8) is 0 Å². The van der Waals surface area contributed by atoms with Crippen LogP contribution in [-0.4, -0.2) is 61.2 Å². The smallest absolute Gasteiger partial charge is 0.271 e. The van der Waals surface area contributed by atoms with E-state index >= 15 is 0 Å². The van der Waals surface area contributed by atoms with Crippen molar-refractivity contribution < 1.29 is 19.8 Å². The van der Waals surface area contributed by atoms with Gasteiger partial charge in [-0.2, -0.15) is 0 Å². The van der Waals surface area contributed by atoms with Crippen LogP contribution in [-0.2, 0) is 11.2 Å². The first kappa shape index (κ1) is 25.9. The van der Waals surface area contributed by atoms with E-state index in [-0.39, 0.29) is 12.3 Å². The number of primary amides is 1. The topological polar surface area (TPSA) is 133 Å². The van der Waals surface area contributed by atoms with E-state index in [0.717, 1.165) is 49.4 Å². The summed E-state index contributed by atoms with van der Waals surface area (Å²) in [7, 11) is 0. The largest absolute Gasteiger partial charge is 0.390 e. The Morgan fingerprint density at radius 1 is 1.14 bits per heavy atom. The number of hydrogen-bond donors (Lipinski definition) is 4. The number of para-hydroxylation sites is 1. The van der Waals surface area contributed by atoms with Gasteiger partial charge >= 0.3 is 0 Å². The predicted octanol–water partition coefficient (Wildman–Crippen LogP) is 3.63. The maximum absolute atomic E-state index is 14.3. The van der Waals surface area contributed by atoms with Crippen molar-refractivity contribution in [3.05, 3.63) is 52.6 Å². The van der Waals surface area contributed by atoms with Crippen molar-refractivity contribution in [2.45, 2.75) is 82.1 Å². The highest BCUT2D eigenvalue weighted by atomic mass is 32.1. The van der Waals surface area contributed by atoms with Gasteiger partial charge in [-0.25, -0.2) is 4.98 Å². The first-order valence-corrected chi connectivity index (χ1v) is 14.3. The number of rotatable bonds is 11. The van der Waals surface area contributed by atoms with Gasteiger partial charge in [-0.1, -0.05) is 50.3 Å². The number of aliphatic hydroxyl groups is 2. The van der Waals surface area contributed by atoms with Crippen LogP contribution >= 0.6 is 11.3 Å². The molecular formula is C28H36N4O4S. The third-order valence-corrected chi connectivity index (χ3v) is 8.69. The van der Waals surface area contributed by atoms with E-state index in [2.05, 4.69) is 9.97 Å². The van der Waals surface area contributed by atoms with Crippen LogP contribution in [0.5, 0.6) is 0 Å². The van der Waals surface area contributed by atoms with Gasteiger partial charge in [0, 0.05) is 22.7 Å². The number of carbonyl (C=O) groups excluding carboxylic acids is 2. The van der Waals surface area contributed by atoms with Crippen molar-refractivity contribution in [3.8, 4) is 0 Å². The fourth-order valence-electron chi connectivity index (χ4n) is 5.85. The van der Waals surface area contributed by atoms with E-state index in [4.69, 9.17) is 5.73 Å². The summed E-state index contributed by atoms with van der Waals surface area (Å²) in [5.41, 5.74) is 9.43. The molecule has 8 nitrogen and oxygen atoms in total. The van der Waals surface area contributed by atoms with Crippen LogP contribution in [0.25, 0.3) is 10.9 Å². The summed E-state index contributed by atoms with van der Waals surface area (Å²) in [5.74, 6) is -0.748. The minimum Gasteiger partial charge on any atom is -0.390 e. The van der Waals surface area contributed by atoms with E-state index < -0.39 is 36.1 Å². The fourth-order valence-corrected chi connectivity index (χ4v) is 6.42. The first-order valence-electron chi connectivity index (χ1n) is 13.3. The normalized spacial score (nSPS) is 19.8. The Labute approximate surface area is 220 Å². The number of nitrogens with one attached hydrogen (secondary N) is 1. The predicted molar refractivity (Wildman–Crippen MR) is 143 cm³/mol. The average molecular weight is 525 g/mol. The van der Waals surface area contributed by atoms with Gasteiger partial charge in [0.15, 0.2) is 0 Å². The second kappa shape index (κ2) is 11.3. The molecule has 37 heavy (non-hydrogen) atoms. The Bertz CT molecular complexity index is 1170. The van der Waals surface area contributed by atoms with Gasteiger partial charge in [0.1, 0.15) is 17.8 Å². The molecule has 198 valence electrons. The van der Waals surface area contributed by atoms with Gasteiger partial charge in [0.25, 0.3) is 5.91 Å². The third kappa shape index (κ3) is 5.89. The van der Waals surface area contributed by atoms with Crippen molar-refractivity contribution >= 4 is 34.1 Å². The van der Waals surface area contributed by atoms with Crippen LogP contribution < -0.4 is 5.73 Å².